The lowest BCUT2D eigenvalue weighted by molar-refractivity contribution is 0.0339. The predicted octanol–water partition coefficient (Wildman–Crippen LogP) is 2.20. The van der Waals surface area contributed by atoms with Crippen LogP contribution in [0.1, 0.15) is 23.1 Å². The van der Waals surface area contributed by atoms with E-state index in [4.69, 9.17) is 19.2 Å². The van der Waals surface area contributed by atoms with Gasteiger partial charge in [0.05, 0.1) is 20.3 Å². The van der Waals surface area contributed by atoms with Gasteiger partial charge < -0.3 is 14.2 Å². The number of hydrogen-bond acceptors (Lipinski definition) is 6. The number of allylic oxidation sites excluding steroid dienone is 1. The minimum Gasteiger partial charge on any atom is -0.497 e. The first-order chi connectivity index (χ1) is 15.3. The van der Waals surface area contributed by atoms with Crippen LogP contribution in [0.15, 0.2) is 47.6 Å². The maximum absolute atomic E-state index is 6.27. The number of rotatable bonds is 5. The lowest BCUT2D eigenvalue weighted by Gasteiger charge is -2.31. The highest BCUT2D eigenvalue weighted by Gasteiger charge is 2.22. The summed E-state index contributed by atoms with van der Waals surface area (Å²) in [5.74, 6) is 1.82. The molecule has 6 nitrogen and oxygen atoms in total. The topological polar surface area (TPSA) is 46.5 Å². The van der Waals surface area contributed by atoms with E-state index in [1.54, 1.807) is 7.11 Å². The number of methoxy groups -OCH3 is 1. The Morgan fingerprint density at radius 1 is 1.06 bits per heavy atom. The zero-order valence-corrected chi connectivity index (χ0v) is 18.0. The largest absolute Gasteiger partial charge is 0.497 e. The Hall–Kier alpha value is -2.67. The second-order valence-corrected chi connectivity index (χ2v) is 8.24. The van der Waals surface area contributed by atoms with Crippen LogP contribution in [-0.4, -0.2) is 49.9 Å². The van der Waals surface area contributed by atoms with Crippen LogP contribution in [0.5, 0.6) is 11.5 Å². The van der Waals surface area contributed by atoms with Crippen molar-refractivity contribution in [3.05, 3.63) is 69.9 Å². The summed E-state index contributed by atoms with van der Waals surface area (Å²) in [6.45, 7) is 6.73. The molecule has 3 aliphatic heterocycles. The molecule has 0 radical (unpaired) electrons. The third-order valence-electron chi connectivity index (χ3n) is 6.07. The van der Waals surface area contributed by atoms with Crippen molar-refractivity contribution in [3.63, 3.8) is 0 Å². The van der Waals surface area contributed by atoms with E-state index in [2.05, 4.69) is 40.2 Å². The SMILES string of the molecule is COc1ccc(CN2COc3c(cc(CN4CCOCC4)c4c3=NC=CCC=4)C2)cc1. The minimum atomic E-state index is 0.563. The van der Waals surface area contributed by atoms with Gasteiger partial charge in [-0.05, 0) is 35.7 Å². The summed E-state index contributed by atoms with van der Waals surface area (Å²) in [7, 11) is 1.69. The fourth-order valence-electron chi connectivity index (χ4n) is 4.45. The van der Waals surface area contributed by atoms with E-state index >= 15 is 0 Å². The average molecular weight is 420 g/mol. The Labute approximate surface area is 183 Å². The number of ether oxygens (including phenoxy) is 3. The summed E-state index contributed by atoms with van der Waals surface area (Å²) in [4.78, 5) is 9.56. The average Bonchev–Trinajstić information content (AvgIpc) is 3.07. The molecule has 3 aliphatic rings. The van der Waals surface area contributed by atoms with Gasteiger partial charge in [0.2, 0.25) is 0 Å². The van der Waals surface area contributed by atoms with Crippen molar-refractivity contribution < 1.29 is 14.2 Å². The van der Waals surface area contributed by atoms with Crippen molar-refractivity contribution in [3.8, 4) is 11.5 Å². The first-order valence-electron chi connectivity index (χ1n) is 11.0. The molecule has 0 unspecified atom stereocenters. The van der Waals surface area contributed by atoms with Crippen molar-refractivity contribution >= 4 is 6.08 Å². The van der Waals surface area contributed by atoms with Gasteiger partial charge in [0, 0.05) is 49.7 Å². The third-order valence-corrected chi connectivity index (χ3v) is 6.07. The molecule has 0 N–H and O–H groups in total. The molecule has 3 heterocycles. The molecule has 1 fully saturated rings. The molecular formula is C25H29N3O3. The highest BCUT2D eigenvalue weighted by molar-refractivity contribution is 5.44. The summed E-state index contributed by atoms with van der Waals surface area (Å²) in [6, 6.07) is 10.6. The second kappa shape index (κ2) is 9.22. The summed E-state index contributed by atoms with van der Waals surface area (Å²) in [5, 5.41) is 2.21. The molecule has 6 heteroatoms. The molecule has 1 saturated heterocycles. The predicted molar refractivity (Wildman–Crippen MR) is 119 cm³/mol. The van der Waals surface area contributed by atoms with Gasteiger partial charge in [-0.2, -0.15) is 0 Å². The molecule has 0 atom stereocenters. The van der Waals surface area contributed by atoms with Crippen molar-refractivity contribution in [1.29, 1.82) is 0 Å². The summed E-state index contributed by atoms with van der Waals surface area (Å²) < 4.78 is 17.1. The molecule has 0 aliphatic carbocycles. The van der Waals surface area contributed by atoms with E-state index in [0.29, 0.717) is 6.73 Å². The van der Waals surface area contributed by atoms with Crippen molar-refractivity contribution in [2.24, 2.45) is 4.99 Å². The Morgan fingerprint density at radius 2 is 1.90 bits per heavy atom. The monoisotopic (exact) mass is 419 g/mol. The van der Waals surface area contributed by atoms with E-state index in [1.165, 1.54) is 21.9 Å². The molecule has 0 aromatic heterocycles. The van der Waals surface area contributed by atoms with Gasteiger partial charge in [0.25, 0.3) is 0 Å². The maximum atomic E-state index is 6.27. The highest BCUT2D eigenvalue weighted by atomic mass is 16.5. The van der Waals surface area contributed by atoms with Gasteiger partial charge in [-0.15, -0.1) is 0 Å². The molecule has 162 valence electrons. The summed E-state index contributed by atoms with van der Waals surface area (Å²) in [5.41, 5.74) is 3.80. The van der Waals surface area contributed by atoms with E-state index in [0.717, 1.165) is 69.2 Å². The van der Waals surface area contributed by atoms with Crippen molar-refractivity contribution in [1.82, 2.24) is 9.80 Å². The van der Waals surface area contributed by atoms with Gasteiger partial charge in [0.15, 0.2) is 5.75 Å². The molecule has 0 spiro atoms. The molecular weight excluding hydrogens is 390 g/mol. The molecule has 31 heavy (non-hydrogen) atoms. The van der Waals surface area contributed by atoms with Crippen LogP contribution in [0.25, 0.3) is 6.08 Å². The standard InChI is InChI=1S/C25H29N3O3/c1-29-22-7-5-19(6-8-22)15-28-17-21-14-20(16-27-10-12-30-13-11-27)23-4-2-3-9-26-24(23)25(21)31-18-28/h3-9,14H,2,10-13,15-18H2,1H3. The molecule has 0 bridgehead atoms. The van der Waals surface area contributed by atoms with E-state index in [1.807, 2.05) is 18.3 Å². The Kier molecular flexibility index (Phi) is 6.02. The van der Waals surface area contributed by atoms with Gasteiger partial charge in [0.1, 0.15) is 17.8 Å². The van der Waals surface area contributed by atoms with Crippen LogP contribution < -0.4 is 20.0 Å². The molecule has 0 amide bonds. The van der Waals surface area contributed by atoms with Crippen molar-refractivity contribution in [2.45, 2.75) is 26.1 Å². The van der Waals surface area contributed by atoms with E-state index in [-0.39, 0.29) is 0 Å². The molecule has 0 saturated carbocycles. The van der Waals surface area contributed by atoms with Gasteiger partial charge >= 0.3 is 0 Å². The van der Waals surface area contributed by atoms with Crippen LogP contribution in [-0.2, 0) is 24.4 Å². The quantitative estimate of drug-likeness (QED) is 0.744. The third kappa shape index (κ3) is 4.51. The fraction of sp³-hybridized carbons (Fsp3) is 0.400. The Bertz CT molecular complexity index is 1070. The lowest BCUT2D eigenvalue weighted by Crippen LogP contribution is -2.42. The fourth-order valence-corrected chi connectivity index (χ4v) is 4.45. The number of hydrogen-bond donors (Lipinski definition) is 0. The van der Waals surface area contributed by atoms with E-state index < -0.39 is 0 Å². The smallest absolute Gasteiger partial charge is 0.152 e. The first-order valence-corrected chi connectivity index (χ1v) is 11.0. The van der Waals surface area contributed by atoms with Crippen LogP contribution >= 0.6 is 0 Å². The Balaban J connectivity index is 1.43. The second-order valence-electron chi connectivity index (χ2n) is 8.24. The zero-order chi connectivity index (χ0) is 21.0. The molecule has 2 aromatic carbocycles. The van der Waals surface area contributed by atoms with Crippen LogP contribution in [0.3, 0.4) is 0 Å². The summed E-state index contributed by atoms with van der Waals surface area (Å²) >= 11 is 0. The van der Waals surface area contributed by atoms with E-state index in [9.17, 15) is 0 Å². The maximum Gasteiger partial charge on any atom is 0.152 e. The van der Waals surface area contributed by atoms with Gasteiger partial charge in [-0.1, -0.05) is 24.3 Å². The van der Waals surface area contributed by atoms with Gasteiger partial charge in [-0.25, -0.2) is 0 Å². The Morgan fingerprint density at radius 3 is 2.71 bits per heavy atom. The first kappa shape index (κ1) is 20.2. The lowest BCUT2D eigenvalue weighted by atomic mass is 10.0. The molecule has 5 rings (SSSR count). The zero-order valence-electron chi connectivity index (χ0n) is 18.0. The number of fused-ring (bicyclic) bond motifs is 3. The van der Waals surface area contributed by atoms with Crippen LogP contribution in [0, 0.1) is 0 Å². The van der Waals surface area contributed by atoms with Gasteiger partial charge in [-0.3, -0.25) is 14.8 Å². The minimum absolute atomic E-state index is 0.563. The normalized spacial score (nSPS) is 18.7. The van der Waals surface area contributed by atoms with Crippen LogP contribution in [0.4, 0.5) is 0 Å². The molecule has 2 aromatic rings. The van der Waals surface area contributed by atoms with Crippen LogP contribution in [0.2, 0.25) is 0 Å². The van der Waals surface area contributed by atoms with Crippen molar-refractivity contribution in [2.75, 3.05) is 40.1 Å². The number of nitrogens with zero attached hydrogens (tertiary/aromatic N) is 3. The number of benzene rings is 2. The highest BCUT2D eigenvalue weighted by Crippen LogP contribution is 2.24. The number of morpholine rings is 1. The summed E-state index contributed by atoms with van der Waals surface area (Å²) in [6.07, 6.45) is 7.19.